The largest absolute Gasteiger partial charge is 0.341 e. The van der Waals surface area contributed by atoms with Crippen molar-refractivity contribution in [1.82, 2.24) is 4.90 Å². The topological polar surface area (TPSA) is 15.6 Å². The molecule has 154 valence electrons. The number of aliphatic imine (C=N–C) groups is 1. The lowest BCUT2D eigenvalue weighted by Crippen LogP contribution is -2.34. The Bertz CT molecular complexity index is 962. The maximum atomic E-state index is 4.68. The molecule has 1 saturated heterocycles. The zero-order chi connectivity index (χ0) is 19.9. The summed E-state index contributed by atoms with van der Waals surface area (Å²) in [5.74, 6) is 2.08. The van der Waals surface area contributed by atoms with Gasteiger partial charge >= 0.3 is 0 Å². The highest BCUT2D eigenvalue weighted by atomic mass is 15.2. The fraction of sp³-hybridized carbons (Fsp3) is 0.464. The van der Waals surface area contributed by atoms with E-state index in [0.29, 0.717) is 17.9 Å². The molecule has 5 aliphatic rings. The number of hydrogen-bond donors (Lipinski definition) is 0. The summed E-state index contributed by atoms with van der Waals surface area (Å²) in [5.41, 5.74) is 8.10. The number of rotatable bonds is 4. The summed E-state index contributed by atoms with van der Waals surface area (Å²) >= 11 is 0. The Hall–Kier alpha value is -2.35. The lowest BCUT2D eigenvalue weighted by atomic mass is 9.73. The highest BCUT2D eigenvalue weighted by Crippen LogP contribution is 2.55. The van der Waals surface area contributed by atoms with Gasteiger partial charge in [-0.15, -0.1) is 0 Å². The third-order valence-corrected chi connectivity index (χ3v) is 8.09. The smallest absolute Gasteiger partial charge is 0.0585 e. The highest BCUT2D eigenvalue weighted by Gasteiger charge is 2.49. The first-order valence-corrected chi connectivity index (χ1v) is 12.0. The van der Waals surface area contributed by atoms with Crippen LogP contribution in [-0.4, -0.2) is 23.7 Å². The van der Waals surface area contributed by atoms with E-state index in [1.807, 2.05) is 0 Å². The van der Waals surface area contributed by atoms with Crippen molar-refractivity contribution in [2.45, 2.75) is 57.4 Å². The van der Waals surface area contributed by atoms with Crippen LogP contribution in [0, 0.1) is 17.8 Å². The summed E-state index contributed by atoms with van der Waals surface area (Å²) < 4.78 is 0. The molecule has 1 aromatic rings. The van der Waals surface area contributed by atoms with Crippen LogP contribution in [0.5, 0.6) is 0 Å². The van der Waals surface area contributed by atoms with Crippen LogP contribution >= 0.6 is 0 Å². The van der Waals surface area contributed by atoms with Gasteiger partial charge in [0, 0.05) is 36.0 Å². The molecule has 0 radical (unpaired) electrons. The van der Waals surface area contributed by atoms with Crippen molar-refractivity contribution in [3.8, 4) is 0 Å². The molecule has 3 heterocycles. The molecule has 3 aliphatic heterocycles. The molecular weight excluding hydrogens is 364 g/mol. The van der Waals surface area contributed by atoms with Gasteiger partial charge < -0.3 is 4.90 Å². The van der Waals surface area contributed by atoms with E-state index in [9.17, 15) is 0 Å². The van der Waals surface area contributed by atoms with Crippen molar-refractivity contribution in [2.24, 2.45) is 22.7 Å². The maximum Gasteiger partial charge on any atom is 0.0585 e. The summed E-state index contributed by atoms with van der Waals surface area (Å²) in [6.45, 7) is 0.990. The van der Waals surface area contributed by atoms with E-state index in [0.717, 1.165) is 18.9 Å². The quantitative estimate of drug-likeness (QED) is 0.588. The molecular formula is C28H32N2. The molecule has 0 spiro atoms. The molecule has 0 aromatic heterocycles. The van der Waals surface area contributed by atoms with E-state index >= 15 is 0 Å². The second-order valence-electron chi connectivity index (χ2n) is 9.66. The van der Waals surface area contributed by atoms with Crippen LogP contribution < -0.4 is 0 Å². The van der Waals surface area contributed by atoms with Gasteiger partial charge in [-0.25, -0.2) is 0 Å². The summed E-state index contributed by atoms with van der Waals surface area (Å²) in [5, 5.41) is 0. The van der Waals surface area contributed by atoms with Gasteiger partial charge in [0.2, 0.25) is 0 Å². The molecule has 2 nitrogen and oxygen atoms in total. The number of allylic oxidation sites excluding steroid dienone is 5. The fourth-order valence-electron chi connectivity index (χ4n) is 6.71. The minimum Gasteiger partial charge on any atom is -0.341 e. The van der Waals surface area contributed by atoms with Crippen LogP contribution in [0.3, 0.4) is 0 Å². The molecule has 0 N–H and O–H groups in total. The molecule has 30 heavy (non-hydrogen) atoms. The van der Waals surface area contributed by atoms with E-state index in [1.54, 1.807) is 22.5 Å². The number of aryl methyl sites for hydroxylation is 1. The lowest BCUT2D eigenvalue weighted by molar-refractivity contribution is 0.312. The van der Waals surface area contributed by atoms with Gasteiger partial charge in [-0.05, 0) is 80.1 Å². The summed E-state index contributed by atoms with van der Waals surface area (Å²) in [4.78, 5) is 7.48. The van der Waals surface area contributed by atoms with Crippen LogP contribution in [0.1, 0.15) is 50.5 Å². The fourth-order valence-corrected chi connectivity index (χ4v) is 6.71. The van der Waals surface area contributed by atoms with E-state index in [4.69, 9.17) is 0 Å². The molecule has 1 aromatic carbocycles. The van der Waals surface area contributed by atoms with Crippen LogP contribution in [0.25, 0.3) is 0 Å². The Kier molecular flexibility index (Phi) is 4.74. The van der Waals surface area contributed by atoms with Gasteiger partial charge in [0.05, 0.1) is 6.04 Å². The Morgan fingerprint density at radius 2 is 1.97 bits per heavy atom. The van der Waals surface area contributed by atoms with Crippen molar-refractivity contribution < 1.29 is 0 Å². The predicted octanol–water partition coefficient (Wildman–Crippen LogP) is 6.24. The van der Waals surface area contributed by atoms with Crippen LogP contribution in [-0.2, 0) is 6.42 Å². The van der Waals surface area contributed by atoms with Crippen molar-refractivity contribution in [3.05, 3.63) is 82.7 Å². The molecule has 0 amide bonds. The van der Waals surface area contributed by atoms with Gasteiger partial charge in [-0.3, -0.25) is 4.99 Å². The first-order chi connectivity index (χ1) is 14.9. The third-order valence-electron chi connectivity index (χ3n) is 8.09. The third kappa shape index (κ3) is 3.04. The van der Waals surface area contributed by atoms with Crippen molar-refractivity contribution in [2.75, 3.05) is 6.54 Å². The zero-order valence-electron chi connectivity index (χ0n) is 17.8. The second-order valence-corrected chi connectivity index (χ2v) is 9.66. The molecule has 4 atom stereocenters. The van der Waals surface area contributed by atoms with Crippen LogP contribution in [0.4, 0.5) is 0 Å². The summed E-state index contributed by atoms with van der Waals surface area (Å²) in [7, 11) is 0. The first kappa shape index (κ1) is 18.4. The second kappa shape index (κ2) is 7.72. The average Bonchev–Trinajstić information content (AvgIpc) is 3.02. The van der Waals surface area contributed by atoms with Gasteiger partial charge in [0.1, 0.15) is 0 Å². The van der Waals surface area contributed by atoms with Crippen LogP contribution in [0.15, 0.2) is 82.2 Å². The first-order valence-electron chi connectivity index (χ1n) is 12.0. The van der Waals surface area contributed by atoms with Crippen LogP contribution in [0.2, 0.25) is 0 Å². The predicted molar refractivity (Wildman–Crippen MR) is 124 cm³/mol. The molecule has 2 unspecified atom stereocenters. The number of benzene rings is 1. The average molecular weight is 397 g/mol. The summed E-state index contributed by atoms with van der Waals surface area (Å²) in [6, 6.07) is 11.6. The molecule has 2 aliphatic carbocycles. The van der Waals surface area contributed by atoms with Crippen molar-refractivity contribution >= 4 is 6.21 Å². The standard InChI is InChI=1S/C28H32N2/c1-2-7-20(8-3-1)9-6-11-21-13-16-24-25-19-29-18-17-27(25)30-26-12-5-4-10-22(26)14-15-23(21)28(24)30/h1-4,7-8,10,14,17-18,21,24-26H,5-6,9,11-13,15-16,19H2/t21?,24-,25-,26?/m1/s1. The normalized spacial score (nSPS) is 31.5. The Balaban J connectivity index is 1.32. The highest BCUT2D eigenvalue weighted by molar-refractivity contribution is 5.74. The minimum atomic E-state index is 0.552. The van der Waals surface area contributed by atoms with Crippen molar-refractivity contribution in [3.63, 3.8) is 0 Å². The molecule has 0 bridgehead atoms. The molecule has 6 rings (SSSR count). The van der Waals surface area contributed by atoms with E-state index in [-0.39, 0.29) is 0 Å². The number of dihydropyridines is 1. The molecule has 0 saturated carbocycles. The number of hydrogen-bond acceptors (Lipinski definition) is 2. The molecule has 2 heteroatoms. The van der Waals surface area contributed by atoms with Gasteiger partial charge in [0.25, 0.3) is 0 Å². The van der Waals surface area contributed by atoms with Gasteiger partial charge in [-0.2, -0.15) is 0 Å². The number of fused-ring (bicyclic) bond motifs is 5. The molecule has 1 fully saturated rings. The number of nitrogens with zero attached hydrogens (tertiary/aromatic N) is 2. The van der Waals surface area contributed by atoms with E-state index < -0.39 is 0 Å². The lowest BCUT2D eigenvalue weighted by Gasteiger charge is -2.37. The SMILES string of the molecule is C1=CC2=CCC3=C4[C@H](CCC3CCCc3ccccc3)[C@H]3CN=CC=C3N4C2CC1. The van der Waals surface area contributed by atoms with Crippen molar-refractivity contribution in [1.29, 1.82) is 0 Å². The Morgan fingerprint density at radius 1 is 1.03 bits per heavy atom. The summed E-state index contributed by atoms with van der Waals surface area (Å²) in [6.07, 6.45) is 21.9. The maximum absolute atomic E-state index is 4.68. The minimum absolute atomic E-state index is 0.552. The zero-order valence-corrected chi connectivity index (χ0v) is 17.8. The van der Waals surface area contributed by atoms with E-state index in [2.05, 4.69) is 70.7 Å². The van der Waals surface area contributed by atoms with E-state index in [1.165, 1.54) is 50.5 Å². The Labute approximate surface area is 180 Å². The Morgan fingerprint density at radius 3 is 2.90 bits per heavy atom. The monoisotopic (exact) mass is 396 g/mol. The van der Waals surface area contributed by atoms with Gasteiger partial charge in [0.15, 0.2) is 0 Å². The van der Waals surface area contributed by atoms with Gasteiger partial charge in [-0.1, -0.05) is 48.6 Å².